The molecule has 1 N–H and O–H groups in total. The van der Waals surface area contributed by atoms with Crippen molar-refractivity contribution in [3.05, 3.63) is 71.8 Å². The van der Waals surface area contributed by atoms with Gasteiger partial charge in [-0.05, 0) is 42.3 Å². The van der Waals surface area contributed by atoms with Crippen LogP contribution < -0.4 is 5.32 Å². The van der Waals surface area contributed by atoms with Crippen molar-refractivity contribution >= 4 is 11.6 Å². The molecule has 0 atom stereocenters. The van der Waals surface area contributed by atoms with E-state index in [4.69, 9.17) is 0 Å². The average molecular weight is 324 g/mol. The fourth-order valence-corrected chi connectivity index (χ4v) is 2.39. The van der Waals surface area contributed by atoms with Crippen LogP contribution in [-0.4, -0.2) is 20.9 Å². The van der Waals surface area contributed by atoms with Crippen molar-refractivity contribution in [2.24, 2.45) is 0 Å². The van der Waals surface area contributed by atoms with E-state index in [0.717, 1.165) is 11.4 Å². The number of aromatic nitrogens is 3. The van der Waals surface area contributed by atoms with Gasteiger partial charge in [-0.2, -0.15) is 0 Å². The van der Waals surface area contributed by atoms with Crippen LogP contribution in [0.1, 0.15) is 35.8 Å². The van der Waals surface area contributed by atoms with Gasteiger partial charge in [0.1, 0.15) is 5.82 Å². The SMILES string of the molecule is CC(C)c1cnnn1-c1cccc(NC(=O)c2cccc(F)c2)c1. The van der Waals surface area contributed by atoms with Gasteiger partial charge in [0.2, 0.25) is 0 Å². The van der Waals surface area contributed by atoms with Crippen LogP contribution in [0.5, 0.6) is 0 Å². The summed E-state index contributed by atoms with van der Waals surface area (Å²) in [5, 5.41) is 10.8. The Kier molecular flexibility index (Phi) is 4.37. The zero-order valence-electron chi connectivity index (χ0n) is 13.4. The maximum Gasteiger partial charge on any atom is 0.255 e. The van der Waals surface area contributed by atoms with Crippen molar-refractivity contribution in [3.8, 4) is 5.69 Å². The Bertz CT molecular complexity index is 873. The Labute approximate surface area is 139 Å². The number of carbonyl (C=O) groups excluding carboxylic acids is 1. The summed E-state index contributed by atoms with van der Waals surface area (Å²) in [5.74, 6) is -0.541. The number of anilines is 1. The minimum Gasteiger partial charge on any atom is -0.322 e. The fourth-order valence-electron chi connectivity index (χ4n) is 2.39. The van der Waals surface area contributed by atoms with Gasteiger partial charge in [-0.3, -0.25) is 4.79 Å². The summed E-state index contributed by atoms with van der Waals surface area (Å²) in [4.78, 5) is 12.2. The van der Waals surface area contributed by atoms with Crippen molar-refractivity contribution in [2.75, 3.05) is 5.32 Å². The van der Waals surface area contributed by atoms with Crippen molar-refractivity contribution in [1.29, 1.82) is 0 Å². The van der Waals surface area contributed by atoms with Crippen molar-refractivity contribution in [2.45, 2.75) is 19.8 Å². The van der Waals surface area contributed by atoms with Gasteiger partial charge in [-0.15, -0.1) is 5.10 Å². The number of amides is 1. The Morgan fingerprint density at radius 3 is 2.71 bits per heavy atom. The number of benzene rings is 2. The van der Waals surface area contributed by atoms with Gasteiger partial charge < -0.3 is 5.32 Å². The summed E-state index contributed by atoms with van der Waals surface area (Å²) in [6.07, 6.45) is 1.72. The molecular weight excluding hydrogens is 307 g/mol. The van der Waals surface area contributed by atoms with E-state index >= 15 is 0 Å². The number of carbonyl (C=O) groups is 1. The third-order valence-electron chi connectivity index (χ3n) is 3.60. The number of nitrogens with zero attached hydrogens (tertiary/aromatic N) is 3. The summed E-state index contributed by atoms with van der Waals surface area (Å²) >= 11 is 0. The van der Waals surface area contributed by atoms with Crippen LogP contribution in [0, 0.1) is 5.82 Å². The average Bonchev–Trinajstić information content (AvgIpc) is 3.05. The van der Waals surface area contributed by atoms with Crippen molar-refractivity contribution in [1.82, 2.24) is 15.0 Å². The normalized spacial score (nSPS) is 10.8. The highest BCUT2D eigenvalue weighted by atomic mass is 19.1. The molecule has 0 saturated heterocycles. The van der Waals surface area contributed by atoms with E-state index in [0.29, 0.717) is 5.69 Å². The lowest BCUT2D eigenvalue weighted by Crippen LogP contribution is -2.12. The molecule has 0 saturated carbocycles. The van der Waals surface area contributed by atoms with Gasteiger partial charge in [-0.1, -0.05) is 31.2 Å². The lowest BCUT2D eigenvalue weighted by atomic mass is 10.1. The zero-order valence-corrected chi connectivity index (χ0v) is 13.4. The maximum absolute atomic E-state index is 13.2. The zero-order chi connectivity index (χ0) is 17.1. The van der Waals surface area contributed by atoms with Crippen molar-refractivity contribution in [3.63, 3.8) is 0 Å². The van der Waals surface area contributed by atoms with E-state index in [9.17, 15) is 9.18 Å². The number of nitrogens with one attached hydrogen (secondary N) is 1. The molecule has 1 heterocycles. The Hall–Kier alpha value is -3.02. The number of hydrogen-bond acceptors (Lipinski definition) is 3. The van der Waals surface area contributed by atoms with E-state index in [1.807, 2.05) is 12.1 Å². The Morgan fingerprint density at radius 2 is 1.96 bits per heavy atom. The first-order valence-corrected chi connectivity index (χ1v) is 7.62. The molecule has 0 aliphatic carbocycles. The van der Waals surface area contributed by atoms with Gasteiger partial charge in [0.25, 0.3) is 5.91 Å². The molecule has 3 rings (SSSR count). The monoisotopic (exact) mass is 324 g/mol. The van der Waals surface area contributed by atoms with Crippen LogP contribution in [0.4, 0.5) is 10.1 Å². The lowest BCUT2D eigenvalue weighted by Gasteiger charge is -2.11. The number of rotatable bonds is 4. The van der Waals surface area contributed by atoms with Gasteiger partial charge in [-0.25, -0.2) is 9.07 Å². The molecule has 0 aliphatic rings. The van der Waals surface area contributed by atoms with Crippen LogP contribution in [0.3, 0.4) is 0 Å². The molecule has 0 fully saturated rings. The lowest BCUT2D eigenvalue weighted by molar-refractivity contribution is 0.102. The highest BCUT2D eigenvalue weighted by molar-refractivity contribution is 6.04. The molecule has 0 bridgehead atoms. The minimum atomic E-state index is -0.444. The maximum atomic E-state index is 13.2. The quantitative estimate of drug-likeness (QED) is 0.794. The molecule has 0 unspecified atom stereocenters. The van der Waals surface area contributed by atoms with Gasteiger partial charge >= 0.3 is 0 Å². The number of halogens is 1. The summed E-state index contributed by atoms with van der Waals surface area (Å²) in [5.41, 5.74) is 2.65. The standard InChI is InChI=1S/C18H17FN4O/c1-12(2)17-11-20-22-23(17)16-8-4-7-15(10-16)21-18(24)13-5-3-6-14(19)9-13/h3-12H,1-2H3,(H,21,24). The van der Waals surface area contributed by atoms with E-state index in [1.165, 1.54) is 18.2 Å². The predicted octanol–water partition coefficient (Wildman–Crippen LogP) is 3.78. The van der Waals surface area contributed by atoms with Crippen LogP contribution >= 0.6 is 0 Å². The molecule has 1 amide bonds. The van der Waals surface area contributed by atoms with Crippen LogP contribution in [0.2, 0.25) is 0 Å². The van der Waals surface area contributed by atoms with Gasteiger partial charge in [0.05, 0.1) is 17.6 Å². The first-order valence-electron chi connectivity index (χ1n) is 7.62. The smallest absolute Gasteiger partial charge is 0.255 e. The van der Waals surface area contributed by atoms with E-state index in [2.05, 4.69) is 29.5 Å². The minimum absolute atomic E-state index is 0.268. The first kappa shape index (κ1) is 15.9. The highest BCUT2D eigenvalue weighted by Gasteiger charge is 2.11. The van der Waals surface area contributed by atoms with Crippen LogP contribution in [0.15, 0.2) is 54.7 Å². The molecule has 3 aromatic rings. The molecule has 2 aromatic carbocycles. The predicted molar refractivity (Wildman–Crippen MR) is 89.8 cm³/mol. The molecular formula is C18H17FN4O. The van der Waals surface area contributed by atoms with Crippen molar-refractivity contribution < 1.29 is 9.18 Å². The summed E-state index contributed by atoms with van der Waals surface area (Å²) in [6.45, 7) is 4.12. The molecule has 24 heavy (non-hydrogen) atoms. The molecule has 0 radical (unpaired) electrons. The molecule has 122 valence electrons. The second-order valence-corrected chi connectivity index (χ2v) is 5.74. The van der Waals surface area contributed by atoms with E-state index in [-0.39, 0.29) is 17.4 Å². The highest BCUT2D eigenvalue weighted by Crippen LogP contribution is 2.20. The summed E-state index contributed by atoms with van der Waals surface area (Å²) < 4.78 is 15.0. The first-order chi connectivity index (χ1) is 11.5. The van der Waals surface area contributed by atoms with Crippen LogP contribution in [-0.2, 0) is 0 Å². The van der Waals surface area contributed by atoms with E-state index in [1.54, 1.807) is 29.1 Å². The number of hydrogen-bond donors (Lipinski definition) is 1. The molecule has 1 aromatic heterocycles. The second-order valence-electron chi connectivity index (χ2n) is 5.74. The molecule has 0 aliphatic heterocycles. The summed E-state index contributed by atoms with van der Waals surface area (Å²) in [7, 11) is 0. The molecule has 0 spiro atoms. The van der Waals surface area contributed by atoms with E-state index < -0.39 is 5.82 Å². The molecule has 6 heteroatoms. The third kappa shape index (κ3) is 3.32. The molecule has 5 nitrogen and oxygen atoms in total. The largest absolute Gasteiger partial charge is 0.322 e. The fraction of sp³-hybridized carbons (Fsp3) is 0.167. The summed E-state index contributed by atoms with van der Waals surface area (Å²) in [6, 6.07) is 12.9. The second kappa shape index (κ2) is 6.62. The van der Waals surface area contributed by atoms with Gasteiger partial charge in [0, 0.05) is 11.3 Å². The topological polar surface area (TPSA) is 59.8 Å². The third-order valence-corrected chi connectivity index (χ3v) is 3.60. The Balaban J connectivity index is 1.86. The Morgan fingerprint density at radius 1 is 1.17 bits per heavy atom. The van der Waals surface area contributed by atoms with Crippen LogP contribution in [0.25, 0.3) is 5.69 Å². The van der Waals surface area contributed by atoms with Gasteiger partial charge in [0.15, 0.2) is 0 Å².